The summed E-state index contributed by atoms with van der Waals surface area (Å²) in [5.74, 6) is -5.41. The van der Waals surface area contributed by atoms with Gasteiger partial charge in [-0.05, 0) is 51.9 Å². The fourth-order valence-corrected chi connectivity index (χ4v) is 5.51. The Morgan fingerprint density at radius 1 is 1.19 bits per heavy atom. The third kappa shape index (κ3) is 2.67. The minimum atomic E-state index is -2.56. The summed E-state index contributed by atoms with van der Waals surface area (Å²) in [5, 5.41) is 43.7. The van der Waals surface area contributed by atoms with Gasteiger partial charge in [0.15, 0.2) is 17.2 Å². The van der Waals surface area contributed by atoms with E-state index in [1.807, 2.05) is 0 Å². The van der Waals surface area contributed by atoms with Crippen molar-refractivity contribution in [3.8, 4) is 11.5 Å². The van der Waals surface area contributed by atoms with E-state index in [4.69, 9.17) is 4.74 Å². The van der Waals surface area contributed by atoms with Crippen molar-refractivity contribution in [2.45, 2.75) is 31.4 Å². The van der Waals surface area contributed by atoms with E-state index in [1.54, 1.807) is 20.2 Å². The molecule has 9 nitrogen and oxygen atoms in total. The van der Waals surface area contributed by atoms with Gasteiger partial charge in [-0.25, -0.2) is 0 Å². The summed E-state index contributed by atoms with van der Waals surface area (Å²) in [6.45, 7) is 1.08. The number of phenols is 1. The maximum atomic E-state index is 13.6. The van der Waals surface area contributed by atoms with Crippen LogP contribution in [0.2, 0.25) is 0 Å². The van der Waals surface area contributed by atoms with Gasteiger partial charge >= 0.3 is 0 Å². The Balaban J connectivity index is 1.99. The number of aliphatic hydroxyl groups is 3. The number of methoxy groups -OCH3 is 1. The highest BCUT2D eigenvalue weighted by atomic mass is 16.5. The zero-order valence-electron chi connectivity index (χ0n) is 18.2. The highest BCUT2D eigenvalue weighted by Gasteiger charge is 2.64. The molecular weight excluding hydrogens is 418 g/mol. The van der Waals surface area contributed by atoms with Gasteiger partial charge in [-0.15, -0.1) is 0 Å². The van der Waals surface area contributed by atoms with E-state index < -0.39 is 57.9 Å². The number of nitrogens with zero attached hydrogens (tertiary/aromatic N) is 1. The van der Waals surface area contributed by atoms with Gasteiger partial charge in [-0.1, -0.05) is 0 Å². The molecule has 32 heavy (non-hydrogen) atoms. The molecule has 0 saturated heterocycles. The molecule has 1 aromatic carbocycles. The molecule has 0 aromatic heterocycles. The molecule has 0 aliphatic heterocycles. The average Bonchev–Trinajstić information content (AvgIpc) is 2.70. The number of Topliss-reactive ketones (excluding diaryl/α,β-unsaturated/α-hetero) is 3. The van der Waals surface area contributed by atoms with Crippen LogP contribution in [0.1, 0.15) is 24.5 Å². The van der Waals surface area contributed by atoms with Gasteiger partial charge in [0.05, 0.1) is 18.7 Å². The molecule has 4 N–H and O–H groups in total. The van der Waals surface area contributed by atoms with Crippen LogP contribution >= 0.6 is 0 Å². The lowest BCUT2D eigenvalue weighted by molar-refractivity contribution is -0.153. The van der Waals surface area contributed by atoms with E-state index in [9.17, 15) is 34.8 Å². The van der Waals surface area contributed by atoms with E-state index in [-0.39, 0.29) is 29.7 Å². The van der Waals surface area contributed by atoms with E-state index in [1.165, 1.54) is 18.1 Å². The number of ketones is 3. The van der Waals surface area contributed by atoms with Gasteiger partial charge < -0.3 is 25.2 Å². The maximum absolute atomic E-state index is 13.6. The van der Waals surface area contributed by atoms with E-state index in [0.717, 1.165) is 6.92 Å². The Labute approximate surface area is 184 Å². The highest BCUT2D eigenvalue weighted by molar-refractivity contribution is 6.25. The highest BCUT2D eigenvalue weighted by Crippen LogP contribution is 2.53. The molecule has 170 valence electrons. The summed E-state index contributed by atoms with van der Waals surface area (Å²) < 4.78 is 5.36. The molecule has 1 aromatic rings. The van der Waals surface area contributed by atoms with Gasteiger partial charge in [0.2, 0.25) is 5.78 Å². The molecule has 0 bridgehead atoms. The van der Waals surface area contributed by atoms with Crippen LogP contribution in [0.5, 0.6) is 11.5 Å². The molecule has 9 heteroatoms. The van der Waals surface area contributed by atoms with Crippen LogP contribution in [-0.2, 0) is 20.8 Å². The number of benzene rings is 1. The predicted octanol–water partition coefficient (Wildman–Crippen LogP) is 1.08. The molecule has 4 atom stereocenters. The van der Waals surface area contributed by atoms with Crippen LogP contribution in [0, 0.1) is 11.8 Å². The largest absolute Gasteiger partial charge is 0.508 e. The van der Waals surface area contributed by atoms with Crippen molar-refractivity contribution in [2.24, 2.45) is 11.8 Å². The molecule has 1 saturated carbocycles. The van der Waals surface area contributed by atoms with Crippen LogP contribution < -0.4 is 4.74 Å². The minimum Gasteiger partial charge on any atom is -0.508 e. The molecular formula is C23H25NO8. The zero-order chi connectivity index (χ0) is 23.7. The van der Waals surface area contributed by atoms with Crippen molar-refractivity contribution < 1.29 is 39.5 Å². The van der Waals surface area contributed by atoms with Gasteiger partial charge in [0, 0.05) is 17.1 Å². The quantitative estimate of drug-likeness (QED) is 0.504. The zero-order valence-corrected chi connectivity index (χ0v) is 18.2. The summed E-state index contributed by atoms with van der Waals surface area (Å²) >= 11 is 0. The summed E-state index contributed by atoms with van der Waals surface area (Å²) in [6, 6.07) is 1.84. The molecule has 0 amide bonds. The molecule has 0 heterocycles. The first-order valence-corrected chi connectivity index (χ1v) is 10.2. The van der Waals surface area contributed by atoms with Crippen LogP contribution in [0.3, 0.4) is 0 Å². The van der Waals surface area contributed by atoms with Gasteiger partial charge in [-0.3, -0.25) is 19.3 Å². The predicted molar refractivity (Wildman–Crippen MR) is 112 cm³/mol. The second-order valence-corrected chi connectivity index (χ2v) is 8.79. The first-order valence-electron chi connectivity index (χ1n) is 10.2. The number of ether oxygens (including phenoxy) is 1. The second-order valence-electron chi connectivity index (χ2n) is 8.79. The monoisotopic (exact) mass is 443 g/mol. The van der Waals surface area contributed by atoms with E-state index in [0.29, 0.717) is 11.3 Å². The average molecular weight is 443 g/mol. The Bertz CT molecular complexity index is 1130. The van der Waals surface area contributed by atoms with Crippen molar-refractivity contribution in [3.63, 3.8) is 0 Å². The fraction of sp³-hybridized carbons (Fsp3) is 0.435. The Hall–Kier alpha value is -3.17. The third-order valence-corrected chi connectivity index (χ3v) is 6.89. The Kier molecular flexibility index (Phi) is 4.94. The summed E-state index contributed by atoms with van der Waals surface area (Å²) in [5.41, 5.74) is -2.80. The third-order valence-electron chi connectivity index (χ3n) is 6.89. The van der Waals surface area contributed by atoms with Gasteiger partial charge in [0.1, 0.15) is 28.6 Å². The van der Waals surface area contributed by atoms with Crippen LogP contribution in [-0.4, -0.2) is 75.5 Å². The molecule has 0 unspecified atom stereocenters. The van der Waals surface area contributed by atoms with Crippen molar-refractivity contribution in [2.75, 3.05) is 21.2 Å². The second kappa shape index (κ2) is 7.18. The first-order chi connectivity index (χ1) is 15.0. The van der Waals surface area contributed by atoms with E-state index >= 15 is 0 Å². The van der Waals surface area contributed by atoms with Crippen molar-refractivity contribution in [3.05, 3.63) is 40.2 Å². The molecule has 3 aliphatic rings. The van der Waals surface area contributed by atoms with Crippen molar-refractivity contribution >= 4 is 23.1 Å². The van der Waals surface area contributed by atoms with Crippen molar-refractivity contribution in [1.29, 1.82) is 0 Å². The van der Waals surface area contributed by atoms with Crippen LogP contribution in [0.4, 0.5) is 0 Å². The lowest BCUT2D eigenvalue weighted by Gasteiger charge is -2.50. The number of likely N-dealkylation sites (N-methyl/N-ethyl adjacent to an activating group) is 1. The lowest BCUT2D eigenvalue weighted by Crippen LogP contribution is -2.65. The summed E-state index contributed by atoms with van der Waals surface area (Å²) in [4.78, 5) is 40.4. The smallest absolute Gasteiger partial charge is 0.202 e. The number of hydrogen-bond donors (Lipinski definition) is 4. The maximum Gasteiger partial charge on any atom is 0.202 e. The number of aromatic hydroxyl groups is 1. The Morgan fingerprint density at radius 3 is 2.41 bits per heavy atom. The van der Waals surface area contributed by atoms with Crippen LogP contribution in [0.25, 0.3) is 5.76 Å². The Morgan fingerprint density at radius 2 is 1.84 bits per heavy atom. The normalized spacial score (nSPS) is 29.6. The van der Waals surface area contributed by atoms with Crippen molar-refractivity contribution in [1.82, 2.24) is 4.90 Å². The summed E-state index contributed by atoms with van der Waals surface area (Å²) in [7, 11) is 4.63. The topological polar surface area (TPSA) is 145 Å². The van der Waals surface area contributed by atoms with Crippen LogP contribution in [0.15, 0.2) is 29.0 Å². The SMILES string of the molecule is COc1ccc(O)c2c1C[C@H]1C[C@H]3[C@H](N(C)C)C(=O)C(C(C)=O)=C(O)[C@@]3(O)C(=O)C1=C2O. The number of carbonyl (C=O) groups excluding carboxylic acids is 3. The molecule has 0 radical (unpaired) electrons. The van der Waals surface area contributed by atoms with Gasteiger partial charge in [0.25, 0.3) is 0 Å². The first kappa shape index (κ1) is 22.0. The number of phenolic OH excluding ortho intramolecular Hbond substituents is 1. The summed E-state index contributed by atoms with van der Waals surface area (Å²) in [6.07, 6.45) is 0.284. The van der Waals surface area contributed by atoms with Gasteiger partial charge in [-0.2, -0.15) is 0 Å². The molecule has 4 rings (SSSR count). The molecule has 1 fully saturated rings. The standard InChI is InChI=1S/C23H25NO8/c1-9(25)15-20(28)18(24(2)3)12-8-10-7-11-14(32-4)6-5-13(26)17(11)19(27)16(10)22(30)23(12,31)21(15)29/h5-6,10,12,18,26-27,29,31H,7-8H2,1-4H3/t10-,12-,18-,23+/m0/s1. The number of fused-ring (bicyclic) bond motifs is 3. The number of carbonyl (C=O) groups is 3. The minimum absolute atomic E-state index is 0.0253. The number of hydrogen-bond acceptors (Lipinski definition) is 9. The number of aliphatic hydroxyl groups excluding tert-OH is 2. The number of rotatable bonds is 3. The molecule has 0 spiro atoms. The molecule has 3 aliphatic carbocycles. The lowest BCUT2D eigenvalue weighted by atomic mass is 9.57. The fourth-order valence-electron chi connectivity index (χ4n) is 5.51. The van der Waals surface area contributed by atoms with E-state index in [2.05, 4.69) is 0 Å².